The van der Waals surface area contributed by atoms with Crippen LogP contribution >= 0.6 is 35.3 Å². The highest BCUT2D eigenvalue weighted by Crippen LogP contribution is 2.25. The van der Waals surface area contributed by atoms with Gasteiger partial charge in [0, 0.05) is 50.7 Å². The van der Waals surface area contributed by atoms with Crippen LogP contribution < -0.4 is 10.6 Å². The highest BCUT2D eigenvalue weighted by Gasteiger charge is 2.23. The number of aliphatic imine (C=N–C) groups is 1. The maximum absolute atomic E-state index is 5.52. The van der Waals surface area contributed by atoms with Crippen molar-refractivity contribution in [3.05, 3.63) is 22.4 Å². The fourth-order valence-electron chi connectivity index (χ4n) is 3.08. The van der Waals surface area contributed by atoms with E-state index in [1.54, 1.807) is 0 Å². The van der Waals surface area contributed by atoms with Crippen molar-refractivity contribution in [1.82, 2.24) is 20.4 Å². The summed E-state index contributed by atoms with van der Waals surface area (Å²) in [6, 6.07) is 5.33. The van der Waals surface area contributed by atoms with Gasteiger partial charge in [0.2, 0.25) is 0 Å². The predicted octanol–water partition coefficient (Wildman–Crippen LogP) is 2.63. The minimum absolute atomic E-state index is 0. The van der Waals surface area contributed by atoms with Gasteiger partial charge in [-0.15, -0.1) is 35.3 Å². The first-order chi connectivity index (χ1) is 12.7. The molecular weight excluding hydrogens is 473 g/mol. The first-order valence-electron chi connectivity index (χ1n) is 9.65. The number of guanidine groups is 1. The number of nitrogens with one attached hydrogen (secondary N) is 2. The van der Waals surface area contributed by atoms with Crippen molar-refractivity contribution in [3.63, 3.8) is 0 Å². The van der Waals surface area contributed by atoms with Crippen LogP contribution in [0.2, 0.25) is 0 Å². The minimum atomic E-state index is 0. The second-order valence-corrected chi connectivity index (χ2v) is 7.78. The molecule has 0 saturated carbocycles. The maximum atomic E-state index is 5.52. The van der Waals surface area contributed by atoms with Gasteiger partial charge in [0.1, 0.15) is 0 Å². The molecule has 2 atom stereocenters. The zero-order valence-electron chi connectivity index (χ0n) is 17.1. The number of halogens is 1. The summed E-state index contributed by atoms with van der Waals surface area (Å²) in [5.41, 5.74) is 0. The standard InChI is InChI=1S/C19H35N5OS.HI/c1-5-16(2)23(4)9-8-21-19(20-3)22-15-17(18-7-6-14-26-18)24-10-12-25-13-11-24;/h6-7,14,16-17H,5,8-13,15H2,1-4H3,(H2,20,21,22);1H. The Bertz CT molecular complexity index is 522. The Balaban J connectivity index is 0.00000364. The van der Waals surface area contributed by atoms with Crippen LogP contribution in [0.5, 0.6) is 0 Å². The van der Waals surface area contributed by atoms with Gasteiger partial charge in [-0.25, -0.2) is 0 Å². The lowest BCUT2D eigenvalue weighted by Gasteiger charge is -2.34. The van der Waals surface area contributed by atoms with Crippen molar-refractivity contribution in [1.29, 1.82) is 0 Å². The van der Waals surface area contributed by atoms with Gasteiger partial charge in [0.25, 0.3) is 0 Å². The number of hydrogen-bond donors (Lipinski definition) is 2. The SMILES string of the molecule is CCC(C)N(C)CCNC(=NC)NCC(c1cccs1)N1CCOCC1.I. The lowest BCUT2D eigenvalue weighted by atomic mass is 10.2. The molecule has 2 rings (SSSR count). The van der Waals surface area contributed by atoms with Crippen LogP contribution in [0.15, 0.2) is 22.5 Å². The fraction of sp³-hybridized carbons (Fsp3) is 0.737. The van der Waals surface area contributed by atoms with Crippen molar-refractivity contribution < 1.29 is 4.74 Å². The molecule has 0 spiro atoms. The van der Waals surface area contributed by atoms with E-state index in [0.717, 1.165) is 51.9 Å². The van der Waals surface area contributed by atoms with Gasteiger partial charge in [-0.3, -0.25) is 9.89 Å². The van der Waals surface area contributed by atoms with E-state index in [-0.39, 0.29) is 24.0 Å². The second-order valence-electron chi connectivity index (χ2n) is 6.80. The first-order valence-corrected chi connectivity index (χ1v) is 10.5. The summed E-state index contributed by atoms with van der Waals surface area (Å²) >= 11 is 1.82. The number of nitrogens with zero attached hydrogens (tertiary/aromatic N) is 3. The van der Waals surface area contributed by atoms with Crippen molar-refractivity contribution >= 4 is 41.3 Å². The largest absolute Gasteiger partial charge is 0.379 e. The summed E-state index contributed by atoms with van der Waals surface area (Å²) in [6.07, 6.45) is 1.17. The van der Waals surface area contributed by atoms with E-state index >= 15 is 0 Å². The second kappa shape index (κ2) is 13.7. The molecule has 0 aromatic carbocycles. The Morgan fingerprint density at radius 3 is 2.70 bits per heavy atom. The van der Waals surface area contributed by atoms with Gasteiger partial charge in [-0.05, 0) is 31.8 Å². The van der Waals surface area contributed by atoms with E-state index in [9.17, 15) is 0 Å². The van der Waals surface area contributed by atoms with Crippen molar-refractivity contribution in [3.8, 4) is 0 Å². The van der Waals surface area contributed by atoms with Crippen LogP contribution in [-0.2, 0) is 4.74 Å². The van der Waals surface area contributed by atoms with E-state index in [1.807, 2.05) is 18.4 Å². The molecule has 1 aromatic rings. The zero-order chi connectivity index (χ0) is 18.8. The summed E-state index contributed by atoms with van der Waals surface area (Å²) in [7, 11) is 4.01. The average Bonchev–Trinajstić information content (AvgIpc) is 3.21. The number of ether oxygens (including phenoxy) is 1. The van der Waals surface area contributed by atoms with Gasteiger partial charge in [-0.2, -0.15) is 0 Å². The number of morpholine rings is 1. The summed E-state index contributed by atoms with van der Waals surface area (Å²) in [4.78, 5) is 10.7. The molecule has 156 valence electrons. The summed E-state index contributed by atoms with van der Waals surface area (Å²) < 4.78 is 5.52. The predicted molar refractivity (Wildman–Crippen MR) is 127 cm³/mol. The molecule has 1 fully saturated rings. The van der Waals surface area contributed by atoms with Crippen LogP contribution in [0, 0.1) is 0 Å². The molecule has 2 unspecified atom stereocenters. The van der Waals surface area contributed by atoms with E-state index in [2.05, 4.69) is 63.8 Å². The zero-order valence-corrected chi connectivity index (χ0v) is 20.3. The van der Waals surface area contributed by atoms with E-state index in [0.29, 0.717) is 12.1 Å². The number of thiophene rings is 1. The molecule has 27 heavy (non-hydrogen) atoms. The van der Waals surface area contributed by atoms with E-state index in [4.69, 9.17) is 4.74 Å². The molecule has 1 aliphatic rings. The molecule has 2 heterocycles. The van der Waals surface area contributed by atoms with E-state index in [1.165, 1.54) is 11.3 Å². The maximum Gasteiger partial charge on any atom is 0.191 e. The smallest absolute Gasteiger partial charge is 0.191 e. The third-order valence-corrected chi connectivity index (χ3v) is 6.12. The Labute approximate surface area is 185 Å². The third kappa shape index (κ3) is 8.23. The molecule has 0 aliphatic carbocycles. The normalized spacial score (nSPS) is 18.0. The lowest BCUT2D eigenvalue weighted by molar-refractivity contribution is 0.0177. The van der Waals surface area contributed by atoms with Crippen molar-refractivity contribution in [2.45, 2.75) is 32.4 Å². The topological polar surface area (TPSA) is 52.1 Å². The van der Waals surface area contributed by atoms with Gasteiger partial charge < -0.3 is 20.3 Å². The van der Waals surface area contributed by atoms with Gasteiger partial charge in [-0.1, -0.05) is 13.0 Å². The summed E-state index contributed by atoms with van der Waals surface area (Å²) in [5, 5.41) is 9.11. The number of hydrogen-bond acceptors (Lipinski definition) is 5. The third-order valence-electron chi connectivity index (χ3n) is 5.14. The highest BCUT2D eigenvalue weighted by atomic mass is 127. The molecule has 1 aromatic heterocycles. The van der Waals surface area contributed by atoms with Crippen LogP contribution in [0.25, 0.3) is 0 Å². The van der Waals surface area contributed by atoms with Crippen LogP contribution in [0.1, 0.15) is 31.2 Å². The van der Waals surface area contributed by atoms with Crippen molar-refractivity contribution in [2.24, 2.45) is 4.99 Å². The monoisotopic (exact) mass is 509 g/mol. The Morgan fingerprint density at radius 2 is 2.11 bits per heavy atom. The highest BCUT2D eigenvalue weighted by molar-refractivity contribution is 14.0. The molecule has 2 N–H and O–H groups in total. The molecule has 0 bridgehead atoms. The van der Waals surface area contributed by atoms with Crippen LogP contribution in [0.4, 0.5) is 0 Å². The molecular formula is C19H36IN5OS. The van der Waals surface area contributed by atoms with Crippen LogP contribution in [-0.4, -0.2) is 81.8 Å². The average molecular weight is 510 g/mol. The Morgan fingerprint density at radius 1 is 1.37 bits per heavy atom. The summed E-state index contributed by atoms with van der Waals surface area (Å²) in [6.45, 7) is 10.8. The molecule has 0 radical (unpaired) electrons. The quantitative estimate of drug-likeness (QED) is 0.305. The molecule has 6 nitrogen and oxygen atoms in total. The summed E-state index contributed by atoms with van der Waals surface area (Å²) in [5.74, 6) is 0.873. The Kier molecular flexibility index (Phi) is 12.5. The van der Waals surface area contributed by atoms with Crippen molar-refractivity contribution in [2.75, 3.05) is 60.0 Å². The fourth-order valence-corrected chi connectivity index (χ4v) is 3.94. The number of rotatable bonds is 9. The molecule has 8 heteroatoms. The van der Waals surface area contributed by atoms with Crippen LogP contribution in [0.3, 0.4) is 0 Å². The molecule has 0 amide bonds. The molecule has 1 saturated heterocycles. The van der Waals surface area contributed by atoms with E-state index < -0.39 is 0 Å². The van der Waals surface area contributed by atoms with Gasteiger partial charge >= 0.3 is 0 Å². The molecule has 1 aliphatic heterocycles. The lowest BCUT2D eigenvalue weighted by Crippen LogP contribution is -2.47. The number of likely N-dealkylation sites (N-methyl/N-ethyl adjacent to an activating group) is 1. The van der Waals surface area contributed by atoms with Gasteiger partial charge in [0.05, 0.1) is 19.3 Å². The van der Waals surface area contributed by atoms with Gasteiger partial charge in [0.15, 0.2) is 5.96 Å². The first kappa shape index (κ1) is 24.6. The minimum Gasteiger partial charge on any atom is -0.379 e. The Hall–Kier alpha value is -0.420.